The van der Waals surface area contributed by atoms with Crippen molar-refractivity contribution < 1.29 is 9.59 Å². The normalized spacial score (nSPS) is 10.7. The van der Waals surface area contributed by atoms with Crippen molar-refractivity contribution >= 4 is 22.8 Å². The van der Waals surface area contributed by atoms with Gasteiger partial charge in [-0.25, -0.2) is 9.67 Å². The van der Waals surface area contributed by atoms with Gasteiger partial charge in [0, 0.05) is 12.1 Å². The van der Waals surface area contributed by atoms with Gasteiger partial charge in [-0.2, -0.15) is 5.10 Å². The number of nitrogens with zero attached hydrogens (tertiary/aromatic N) is 3. The van der Waals surface area contributed by atoms with Crippen molar-refractivity contribution in [2.45, 2.75) is 13.5 Å². The van der Waals surface area contributed by atoms with Crippen LogP contribution < -0.4 is 10.6 Å². The zero-order chi connectivity index (χ0) is 21.6. The number of hydrogen-bond donors (Lipinski definition) is 2. The van der Waals surface area contributed by atoms with Crippen LogP contribution in [0.1, 0.15) is 22.8 Å². The number of pyridine rings is 1. The van der Waals surface area contributed by atoms with Crippen LogP contribution in [0.2, 0.25) is 0 Å². The van der Waals surface area contributed by atoms with Crippen LogP contribution in [-0.4, -0.2) is 39.7 Å². The number of benzene rings is 2. The summed E-state index contributed by atoms with van der Waals surface area (Å²) in [7, 11) is 0. The molecule has 0 unspecified atom stereocenters. The molecule has 0 saturated heterocycles. The average Bonchev–Trinajstić information content (AvgIpc) is 3.21. The van der Waals surface area contributed by atoms with Crippen molar-refractivity contribution in [1.82, 2.24) is 25.4 Å². The number of aromatic nitrogens is 3. The molecule has 0 bridgehead atoms. The molecule has 156 valence electrons. The standard InChI is InChI=1S/C24H23N5O2/c1-2-25-22(30)15-26-24(31)19-13-21(18-11-7-4-8-12-18)28-23-20(19)14-27-29(23)16-17-9-5-3-6-10-17/h3-14H,2,15-16H2,1H3,(H,25,30)(H,26,31). The smallest absolute Gasteiger partial charge is 0.252 e. The van der Waals surface area contributed by atoms with E-state index in [1.807, 2.05) is 67.6 Å². The third-order valence-corrected chi connectivity index (χ3v) is 4.88. The molecule has 4 rings (SSSR count). The quantitative estimate of drug-likeness (QED) is 0.487. The van der Waals surface area contributed by atoms with Crippen molar-refractivity contribution in [3.05, 3.63) is 84.1 Å². The summed E-state index contributed by atoms with van der Waals surface area (Å²) in [5.41, 5.74) is 3.71. The predicted octanol–water partition coefficient (Wildman–Crippen LogP) is 3.01. The Morgan fingerprint density at radius 2 is 1.68 bits per heavy atom. The molecule has 2 amide bonds. The third-order valence-electron chi connectivity index (χ3n) is 4.88. The van der Waals surface area contributed by atoms with E-state index in [0.29, 0.717) is 35.4 Å². The first-order valence-corrected chi connectivity index (χ1v) is 10.2. The number of nitrogens with one attached hydrogen (secondary N) is 2. The minimum Gasteiger partial charge on any atom is -0.355 e. The highest BCUT2D eigenvalue weighted by Gasteiger charge is 2.18. The number of carbonyl (C=O) groups excluding carboxylic acids is 2. The number of carbonyl (C=O) groups is 2. The molecular weight excluding hydrogens is 390 g/mol. The molecule has 0 aliphatic rings. The molecule has 0 aliphatic heterocycles. The molecule has 7 nitrogen and oxygen atoms in total. The topological polar surface area (TPSA) is 88.9 Å². The highest BCUT2D eigenvalue weighted by atomic mass is 16.2. The van der Waals surface area contributed by atoms with E-state index in [4.69, 9.17) is 4.98 Å². The number of amides is 2. The van der Waals surface area contributed by atoms with Crippen molar-refractivity contribution in [3.8, 4) is 11.3 Å². The fourth-order valence-corrected chi connectivity index (χ4v) is 3.38. The molecule has 2 aromatic carbocycles. The summed E-state index contributed by atoms with van der Waals surface area (Å²) in [6.45, 7) is 2.79. The first-order chi connectivity index (χ1) is 15.2. The molecule has 0 atom stereocenters. The lowest BCUT2D eigenvalue weighted by atomic mass is 10.1. The maximum atomic E-state index is 13.0. The van der Waals surface area contributed by atoms with E-state index in [9.17, 15) is 9.59 Å². The van der Waals surface area contributed by atoms with Gasteiger partial charge in [0.15, 0.2) is 5.65 Å². The van der Waals surface area contributed by atoms with Gasteiger partial charge in [-0.3, -0.25) is 9.59 Å². The summed E-state index contributed by atoms with van der Waals surface area (Å²) in [4.78, 5) is 29.6. The SMILES string of the molecule is CCNC(=O)CNC(=O)c1cc(-c2ccccc2)nc2c1cnn2Cc1ccccc1. The van der Waals surface area contributed by atoms with E-state index in [1.165, 1.54) is 0 Å². The van der Waals surface area contributed by atoms with E-state index in [2.05, 4.69) is 15.7 Å². The largest absolute Gasteiger partial charge is 0.355 e. The van der Waals surface area contributed by atoms with Gasteiger partial charge in [0.1, 0.15) is 0 Å². The van der Waals surface area contributed by atoms with Crippen LogP contribution in [0.5, 0.6) is 0 Å². The molecule has 0 saturated carbocycles. The maximum Gasteiger partial charge on any atom is 0.252 e. The highest BCUT2D eigenvalue weighted by molar-refractivity contribution is 6.07. The van der Waals surface area contributed by atoms with Crippen LogP contribution in [0.3, 0.4) is 0 Å². The second-order valence-corrected chi connectivity index (χ2v) is 7.08. The minimum atomic E-state index is -0.338. The van der Waals surface area contributed by atoms with Crippen molar-refractivity contribution in [1.29, 1.82) is 0 Å². The lowest BCUT2D eigenvalue weighted by Gasteiger charge is -2.10. The molecule has 4 aromatic rings. The molecule has 0 aliphatic carbocycles. The fourth-order valence-electron chi connectivity index (χ4n) is 3.38. The molecule has 0 radical (unpaired) electrons. The molecule has 7 heteroatoms. The summed E-state index contributed by atoms with van der Waals surface area (Å²) >= 11 is 0. The summed E-state index contributed by atoms with van der Waals surface area (Å²) in [5, 5.41) is 10.5. The minimum absolute atomic E-state index is 0.0880. The zero-order valence-electron chi connectivity index (χ0n) is 17.2. The van der Waals surface area contributed by atoms with Gasteiger partial charge >= 0.3 is 0 Å². The fraction of sp³-hybridized carbons (Fsp3) is 0.167. The number of likely N-dealkylation sites (N-methyl/N-ethyl adjacent to an activating group) is 1. The van der Waals surface area contributed by atoms with Crippen LogP contribution >= 0.6 is 0 Å². The Labute approximate surface area is 180 Å². The van der Waals surface area contributed by atoms with Crippen molar-refractivity contribution in [2.24, 2.45) is 0 Å². The summed E-state index contributed by atoms with van der Waals surface area (Å²) in [6.07, 6.45) is 1.65. The number of rotatable bonds is 7. The Morgan fingerprint density at radius 1 is 0.968 bits per heavy atom. The Balaban J connectivity index is 1.75. The van der Waals surface area contributed by atoms with Gasteiger partial charge in [0.25, 0.3) is 5.91 Å². The van der Waals surface area contributed by atoms with E-state index in [0.717, 1.165) is 11.1 Å². The molecule has 0 fully saturated rings. The molecular formula is C24H23N5O2. The van der Waals surface area contributed by atoms with Gasteiger partial charge in [0.05, 0.1) is 35.9 Å². The second-order valence-electron chi connectivity index (χ2n) is 7.08. The van der Waals surface area contributed by atoms with Crippen LogP contribution in [0.25, 0.3) is 22.3 Å². The van der Waals surface area contributed by atoms with Crippen LogP contribution in [0.4, 0.5) is 0 Å². The zero-order valence-corrected chi connectivity index (χ0v) is 17.2. The highest BCUT2D eigenvalue weighted by Crippen LogP contribution is 2.25. The van der Waals surface area contributed by atoms with Crippen LogP contribution in [-0.2, 0) is 11.3 Å². The molecule has 0 spiro atoms. The van der Waals surface area contributed by atoms with Crippen LogP contribution in [0.15, 0.2) is 72.9 Å². The van der Waals surface area contributed by atoms with E-state index in [-0.39, 0.29) is 18.4 Å². The molecule has 2 N–H and O–H groups in total. The Hall–Kier alpha value is -4.00. The third kappa shape index (κ3) is 4.61. The summed E-state index contributed by atoms with van der Waals surface area (Å²) in [5.74, 6) is -0.570. The van der Waals surface area contributed by atoms with Crippen molar-refractivity contribution in [2.75, 3.05) is 13.1 Å². The van der Waals surface area contributed by atoms with Gasteiger partial charge < -0.3 is 10.6 Å². The maximum absolute atomic E-state index is 13.0. The number of fused-ring (bicyclic) bond motifs is 1. The van der Waals surface area contributed by atoms with Crippen molar-refractivity contribution in [3.63, 3.8) is 0 Å². The summed E-state index contributed by atoms with van der Waals surface area (Å²) < 4.78 is 1.79. The Bertz CT molecular complexity index is 1200. The Kier molecular flexibility index (Phi) is 6.03. The number of hydrogen-bond acceptors (Lipinski definition) is 4. The summed E-state index contributed by atoms with van der Waals surface area (Å²) in [6, 6.07) is 21.4. The first-order valence-electron chi connectivity index (χ1n) is 10.2. The second kappa shape index (κ2) is 9.21. The van der Waals surface area contributed by atoms with Gasteiger partial charge in [-0.1, -0.05) is 60.7 Å². The lowest BCUT2D eigenvalue weighted by molar-refractivity contribution is -0.120. The van der Waals surface area contributed by atoms with Gasteiger partial charge in [0.2, 0.25) is 5.91 Å². The molecule has 2 heterocycles. The average molecular weight is 413 g/mol. The molecule has 2 aromatic heterocycles. The van der Waals surface area contributed by atoms with E-state index in [1.54, 1.807) is 16.9 Å². The predicted molar refractivity (Wildman–Crippen MR) is 120 cm³/mol. The van der Waals surface area contributed by atoms with Gasteiger partial charge in [-0.15, -0.1) is 0 Å². The Morgan fingerprint density at radius 3 is 2.39 bits per heavy atom. The van der Waals surface area contributed by atoms with E-state index >= 15 is 0 Å². The van der Waals surface area contributed by atoms with Gasteiger partial charge in [-0.05, 0) is 18.6 Å². The van der Waals surface area contributed by atoms with E-state index < -0.39 is 0 Å². The monoisotopic (exact) mass is 413 g/mol. The van der Waals surface area contributed by atoms with Crippen LogP contribution in [0, 0.1) is 0 Å². The molecule has 31 heavy (non-hydrogen) atoms. The lowest BCUT2D eigenvalue weighted by Crippen LogP contribution is -2.36. The first kappa shape index (κ1) is 20.3.